The van der Waals surface area contributed by atoms with Gasteiger partial charge in [-0.05, 0) is 26.3 Å². The van der Waals surface area contributed by atoms with Gasteiger partial charge in [-0.2, -0.15) is 4.98 Å². The van der Waals surface area contributed by atoms with E-state index in [4.69, 9.17) is 16.0 Å². The Bertz CT molecular complexity index is 506. The molecule has 0 amide bonds. The van der Waals surface area contributed by atoms with Crippen LogP contribution < -0.4 is 11.5 Å². The molecule has 102 valence electrons. The van der Waals surface area contributed by atoms with Crippen molar-refractivity contribution >= 4 is 0 Å². The quantitative estimate of drug-likeness (QED) is 0.777. The third-order valence-corrected chi connectivity index (χ3v) is 3.04. The lowest BCUT2D eigenvalue weighted by molar-refractivity contribution is 0.346. The highest BCUT2D eigenvalue weighted by Gasteiger charge is 2.15. The number of rotatable bonds is 6. The second kappa shape index (κ2) is 6.45. The Hall–Kier alpha value is -1.72. The lowest BCUT2D eigenvalue weighted by Crippen LogP contribution is -2.11. The first-order valence-electron chi connectivity index (χ1n) is 6.57. The summed E-state index contributed by atoms with van der Waals surface area (Å²) < 4.78 is 5.22. The first-order chi connectivity index (χ1) is 9.20. The second-order valence-electron chi connectivity index (χ2n) is 4.71. The molecule has 0 spiro atoms. The first-order valence-corrected chi connectivity index (χ1v) is 6.57. The number of aromatic nitrogens is 2. The smallest absolute Gasteiger partial charge is 0.243 e. The fourth-order valence-corrected chi connectivity index (χ4v) is 1.84. The SMILES string of the molecule is Cc1ccc(-c2noc([C@H](N)CCCCN)n2)cc1. The molecule has 0 saturated heterocycles. The third-order valence-electron chi connectivity index (χ3n) is 3.04. The Morgan fingerprint density at radius 1 is 1.21 bits per heavy atom. The van der Waals surface area contributed by atoms with Gasteiger partial charge in [0.05, 0.1) is 6.04 Å². The van der Waals surface area contributed by atoms with Gasteiger partial charge in [-0.15, -0.1) is 0 Å². The van der Waals surface area contributed by atoms with Crippen molar-refractivity contribution in [1.29, 1.82) is 0 Å². The zero-order chi connectivity index (χ0) is 13.7. The van der Waals surface area contributed by atoms with E-state index in [-0.39, 0.29) is 6.04 Å². The Balaban J connectivity index is 2.04. The molecule has 0 fully saturated rings. The van der Waals surface area contributed by atoms with Gasteiger partial charge in [0.1, 0.15) is 0 Å². The van der Waals surface area contributed by atoms with E-state index < -0.39 is 0 Å². The molecule has 0 bridgehead atoms. The van der Waals surface area contributed by atoms with Crippen molar-refractivity contribution in [2.75, 3.05) is 6.54 Å². The minimum Gasteiger partial charge on any atom is -0.337 e. The van der Waals surface area contributed by atoms with Crippen LogP contribution in [0.5, 0.6) is 0 Å². The summed E-state index contributed by atoms with van der Waals surface area (Å²) in [6.07, 6.45) is 2.75. The van der Waals surface area contributed by atoms with E-state index in [9.17, 15) is 0 Å². The molecule has 0 aliphatic heterocycles. The maximum atomic E-state index is 6.01. The standard InChI is InChI=1S/C14H20N4O/c1-10-5-7-11(8-6-10)13-17-14(19-18-13)12(16)4-2-3-9-15/h5-8,12H,2-4,9,15-16H2,1H3/t12-/m1/s1. The average Bonchev–Trinajstić information content (AvgIpc) is 2.89. The number of aryl methyl sites for hydroxylation is 1. The van der Waals surface area contributed by atoms with Crippen LogP contribution >= 0.6 is 0 Å². The molecular weight excluding hydrogens is 240 g/mol. The summed E-state index contributed by atoms with van der Waals surface area (Å²) in [5.41, 5.74) is 13.6. The minimum absolute atomic E-state index is 0.210. The van der Waals surface area contributed by atoms with E-state index in [0.29, 0.717) is 18.3 Å². The zero-order valence-corrected chi connectivity index (χ0v) is 11.2. The second-order valence-corrected chi connectivity index (χ2v) is 4.71. The van der Waals surface area contributed by atoms with Gasteiger partial charge < -0.3 is 16.0 Å². The van der Waals surface area contributed by atoms with Gasteiger partial charge in [0, 0.05) is 5.56 Å². The van der Waals surface area contributed by atoms with Gasteiger partial charge in [-0.25, -0.2) is 0 Å². The predicted octanol–water partition coefficient (Wildman–Crippen LogP) is 2.17. The van der Waals surface area contributed by atoms with E-state index in [1.807, 2.05) is 31.2 Å². The molecule has 2 rings (SSSR count). The maximum absolute atomic E-state index is 6.01. The van der Waals surface area contributed by atoms with Crippen LogP contribution in [0.3, 0.4) is 0 Å². The Morgan fingerprint density at radius 2 is 1.95 bits per heavy atom. The van der Waals surface area contributed by atoms with Crippen LogP contribution in [-0.4, -0.2) is 16.7 Å². The average molecular weight is 260 g/mol. The van der Waals surface area contributed by atoms with Crippen molar-refractivity contribution in [2.24, 2.45) is 11.5 Å². The molecule has 1 aromatic heterocycles. The van der Waals surface area contributed by atoms with Gasteiger partial charge in [0.2, 0.25) is 11.7 Å². The number of nitrogens with zero attached hydrogens (tertiary/aromatic N) is 2. The molecule has 0 saturated carbocycles. The number of benzene rings is 1. The number of hydrogen-bond acceptors (Lipinski definition) is 5. The molecule has 4 N–H and O–H groups in total. The molecule has 0 aliphatic carbocycles. The Morgan fingerprint density at radius 3 is 2.63 bits per heavy atom. The van der Waals surface area contributed by atoms with E-state index in [1.165, 1.54) is 5.56 Å². The summed E-state index contributed by atoms with van der Waals surface area (Å²) >= 11 is 0. The van der Waals surface area contributed by atoms with Crippen LogP contribution in [-0.2, 0) is 0 Å². The summed E-state index contributed by atoms with van der Waals surface area (Å²) in [5, 5.41) is 3.97. The molecule has 0 radical (unpaired) electrons. The maximum Gasteiger partial charge on any atom is 0.243 e. The highest BCUT2D eigenvalue weighted by molar-refractivity contribution is 5.54. The number of nitrogens with two attached hydrogens (primary N) is 2. The normalized spacial score (nSPS) is 12.6. The molecule has 1 aromatic carbocycles. The molecule has 0 aliphatic rings. The monoisotopic (exact) mass is 260 g/mol. The number of unbranched alkanes of at least 4 members (excludes halogenated alkanes) is 1. The van der Waals surface area contributed by atoms with Crippen LogP contribution in [0.15, 0.2) is 28.8 Å². The van der Waals surface area contributed by atoms with Gasteiger partial charge in [0.25, 0.3) is 0 Å². The van der Waals surface area contributed by atoms with Crippen LogP contribution in [0, 0.1) is 6.92 Å². The summed E-state index contributed by atoms with van der Waals surface area (Å²) in [6.45, 7) is 2.73. The van der Waals surface area contributed by atoms with Gasteiger partial charge in [-0.3, -0.25) is 0 Å². The lowest BCUT2D eigenvalue weighted by Gasteiger charge is -2.04. The molecular formula is C14H20N4O. The molecule has 19 heavy (non-hydrogen) atoms. The minimum atomic E-state index is -0.210. The summed E-state index contributed by atoms with van der Waals surface area (Å²) in [4.78, 5) is 4.35. The fraction of sp³-hybridized carbons (Fsp3) is 0.429. The first kappa shape index (κ1) is 13.7. The molecule has 0 unspecified atom stereocenters. The van der Waals surface area contributed by atoms with Gasteiger partial charge in [0.15, 0.2) is 0 Å². The highest BCUT2D eigenvalue weighted by Crippen LogP contribution is 2.20. The van der Waals surface area contributed by atoms with Crippen LogP contribution in [0.2, 0.25) is 0 Å². The summed E-state index contributed by atoms with van der Waals surface area (Å²) in [5.74, 6) is 1.08. The Labute approximate surface area is 113 Å². The number of hydrogen-bond donors (Lipinski definition) is 2. The van der Waals surface area contributed by atoms with Crippen LogP contribution in [0.1, 0.15) is 36.8 Å². The van der Waals surface area contributed by atoms with Crippen molar-refractivity contribution in [2.45, 2.75) is 32.2 Å². The van der Waals surface area contributed by atoms with Crippen LogP contribution in [0.25, 0.3) is 11.4 Å². The van der Waals surface area contributed by atoms with Crippen molar-refractivity contribution in [3.8, 4) is 11.4 Å². The molecule has 5 nitrogen and oxygen atoms in total. The van der Waals surface area contributed by atoms with Crippen molar-refractivity contribution < 1.29 is 4.52 Å². The van der Waals surface area contributed by atoms with Crippen molar-refractivity contribution in [3.63, 3.8) is 0 Å². The van der Waals surface area contributed by atoms with Gasteiger partial charge in [-0.1, -0.05) is 41.4 Å². The van der Waals surface area contributed by atoms with Gasteiger partial charge >= 0.3 is 0 Å². The van der Waals surface area contributed by atoms with Crippen molar-refractivity contribution in [1.82, 2.24) is 10.1 Å². The zero-order valence-electron chi connectivity index (χ0n) is 11.2. The lowest BCUT2D eigenvalue weighted by atomic mass is 10.1. The van der Waals surface area contributed by atoms with E-state index >= 15 is 0 Å². The highest BCUT2D eigenvalue weighted by atomic mass is 16.5. The summed E-state index contributed by atoms with van der Waals surface area (Å²) in [6, 6.07) is 7.78. The Kier molecular flexibility index (Phi) is 4.65. The largest absolute Gasteiger partial charge is 0.337 e. The molecule has 1 atom stereocenters. The van der Waals surface area contributed by atoms with Crippen LogP contribution in [0.4, 0.5) is 0 Å². The molecule has 5 heteroatoms. The third kappa shape index (κ3) is 3.62. The topological polar surface area (TPSA) is 91.0 Å². The predicted molar refractivity (Wildman–Crippen MR) is 74.3 cm³/mol. The molecule has 1 heterocycles. The van der Waals surface area contributed by atoms with E-state index in [2.05, 4.69) is 10.1 Å². The van der Waals surface area contributed by atoms with E-state index in [0.717, 1.165) is 24.8 Å². The fourth-order valence-electron chi connectivity index (χ4n) is 1.84. The van der Waals surface area contributed by atoms with E-state index in [1.54, 1.807) is 0 Å². The summed E-state index contributed by atoms with van der Waals surface area (Å²) in [7, 11) is 0. The van der Waals surface area contributed by atoms with Crippen molar-refractivity contribution in [3.05, 3.63) is 35.7 Å². The molecule has 2 aromatic rings.